The van der Waals surface area contributed by atoms with E-state index in [1.165, 1.54) is 36.4 Å². The highest BCUT2D eigenvalue weighted by molar-refractivity contribution is 6.07. The standard InChI is InChI=1S/C30H10F4N4/c31-26-3-1-15(7-28(26)33)20-9-24-22(5-17(20)11-35)23-6-18(12-36)21(16-2-4-27(32)29(34)8-16)10-25(23)30(24)19(13-37)14-38/h1-10H. The van der Waals surface area contributed by atoms with Crippen molar-refractivity contribution in [1.29, 1.82) is 21.0 Å². The number of allylic oxidation sites excluding steroid dienone is 1. The van der Waals surface area contributed by atoms with Crippen LogP contribution in [0.15, 0.2) is 66.2 Å². The van der Waals surface area contributed by atoms with Crippen molar-refractivity contribution in [3.63, 3.8) is 0 Å². The van der Waals surface area contributed by atoms with Gasteiger partial charge in [-0.3, -0.25) is 0 Å². The number of hydrogen-bond acceptors (Lipinski definition) is 4. The van der Waals surface area contributed by atoms with E-state index in [1.807, 2.05) is 24.3 Å². The zero-order valence-electron chi connectivity index (χ0n) is 19.1. The molecule has 5 rings (SSSR count). The van der Waals surface area contributed by atoms with Crippen molar-refractivity contribution in [2.75, 3.05) is 0 Å². The van der Waals surface area contributed by atoms with Crippen LogP contribution in [0.4, 0.5) is 17.6 Å². The molecule has 0 aliphatic heterocycles. The van der Waals surface area contributed by atoms with Crippen LogP contribution >= 0.6 is 0 Å². The molecule has 0 radical (unpaired) electrons. The molecule has 0 N–H and O–H groups in total. The van der Waals surface area contributed by atoms with Crippen molar-refractivity contribution in [2.45, 2.75) is 0 Å². The molecule has 0 spiro atoms. The Labute approximate surface area is 213 Å². The summed E-state index contributed by atoms with van der Waals surface area (Å²) in [4.78, 5) is 0. The Bertz CT molecular complexity index is 1770. The molecule has 0 fully saturated rings. The van der Waals surface area contributed by atoms with Gasteiger partial charge in [-0.1, -0.05) is 12.1 Å². The van der Waals surface area contributed by atoms with Crippen molar-refractivity contribution in [3.8, 4) is 57.7 Å². The van der Waals surface area contributed by atoms with Gasteiger partial charge in [0.15, 0.2) is 23.3 Å². The van der Waals surface area contributed by atoms with Crippen molar-refractivity contribution >= 4 is 5.57 Å². The van der Waals surface area contributed by atoms with Gasteiger partial charge in [0, 0.05) is 16.7 Å². The highest BCUT2D eigenvalue weighted by Gasteiger charge is 2.30. The largest absolute Gasteiger partial charge is 0.204 e. The van der Waals surface area contributed by atoms with Crippen LogP contribution < -0.4 is 0 Å². The fourth-order valence-electron chi connectivity index (χ4n) is 4.60. The van der Waals surface area contributed by atoms with Crippen molar-refractivity contribution in [2.24, 2.45) is 0 Å². The Morgan fingerprint density at radius 2 is 0.895 bits per heavy atom. The van der Waals surface area contributed by atoms with Gasteiger partial charge in [0.1, 0.15) is 17.7 Å². The number of fused-ring (bicyclic) bond motifs is 3. The van der Waals surface area contributed by atoms with E-state index in [0.29, 0.717) is 22.3 Å². The van der Waals surface area contributed by atoms with Crippen LogP contribution in [0.2, 0.25) is 0 Å². The second-order valence-electron chi connectivity index (χ2n) is 8.34. The normalized spacial score (nSPS) is 11.0. The van der Waals surface area contributed by atoms with Gasteiger partial charge in [0.05, 0.1) is 23.3 Å². The van der Waals surface area contributed by atoms with E-state index in [1.54, 1.807) is 0 Å². The monoisotopic (exact) mass is 502 g/mol. The van der Waals surface area contributed by atoms with E-state index in [2.05, 4.69) is 0 Å². The van der Waals surface area contributed by atoms with Gasteiger partial charge >= 0.3 is 0 Å². The maximum Gasteiger partial charge on any atom is 0.159 e. The van der Waals surface area contributed by atoms with E-state index in [-0.39, 0.29) is 44.5 Å². The Kier molecular flexibility index (Phi) is 5.73. The molecule has 4 nitrogen and oxygen atoms in total. The molecular formula is C30H10F4N4. The molecule has 0 unspecified atom stereocenters. The van der Waals surface area contributed by atoms with Crippen LogP contribution in [0.1, 0.15) is 22.3 Å². The Balaban J connectivity index is 1.85. The predicted octanol–water partition coefficient (Wildman–Crippen LogP) is 7.15. The molecule has 0 bridgehead atoms. The summed E-state index contributed by atoms with van der Waals surface area (Å²) in [5, 5.41) is 39.1. The molecule has 0 amide bonds. The first-order valence-corrected chi connectivity index (χ1v) is 10.9. The lowest BCUT2D eigenvalue weighted by molar-refractivity contribution is 0.509. The topological polar surface area (TPSA) is 95.2 Å². The minimum atomic E-state index is -1.12. The molecule has 4 aromatic rings. The fourth-order valence-corrected chi connectivity index (χ4v) is 4.60. The summed E-state index contributed by atoms with van der Waals surface area (Å²) in [6.45, 7) is 0. The van der Waals surface area contributed by atoms with Crippen molar-refractivity contribution in [1.82, 2.24) is 0 Å². The average molecular weight is 502 g/mol. The van der Waals surface area contributed by atoms with E-state index >= 15 is 0 Å². The number of rotatable bonds is 2. The lowest BCUT2D eigenvalue weighted by Gasteiger charge is -2.10. The van der Waals surface area contributed by atoms with Crippen LogP contribution in [0.25, 0.3) is 39.0 Å². The molecule has 178 valence electrons. The van der Waals surface area contributed by atoms with Gasteiger partial charge in [0.2, 0.25) is 0 Å². The highest BCUT2D eigenvalue weighted by Crippen LogP contribution is 2.49. The lowest BCUT2D eigenvalue weighted by atomic mass is 9.92. The molecule has 38 heavy (non-hydrogen) atoms. The fraction of sp³-hybridized carbons (Fsp3) is 0. The summed E-state index contributed by atoms with van der Waals surface area (Å²) >= 11 is 0. The first kappa shape index (κ1) is 24.0. The number of nitriles is 4. The minimum absolute atomic E-state index is 0.112. The van der Waals surface area contributed by atoms with E-state index < -0.39 is 23.3 Å². The first-order chi connectivity index (χ1) is 18.3. The molecule has 8 heteroatoms. The van der Waals surface area contributed by atoms with Gasteiger partial charge in [-0.15, -0.1) is 0 Å². The number of halogens is 4. The summed E-state index contributed by atoms with van der Waals surface area (Å²) in [5.74, 6) is -4.36. The summed E-state index contributed by atoms with van der Waals surface area (Å²) < 4.78 is 55.1. The molecule has 0 aromatic heterocycles. The number of benzene rings is 4. The second kappa shape index (κ2) is 9.07. The third-order valence-electron chi connectivity index (χ3n) is 6.32. The quantitative estimate of drug-likeness (QED) is 0.189. The van der Waals surface area contributed by atoms with Crippen LogP contribution in [0, 0.1) is 68.6 Å². The van der Waals surface area contributed by atoms with Crippen molar-refractivity contribution < 1.29 is 17.6 Å². The third-order valence-corrected chi connectivity index (χ3v) is 6.32. The zero-order chi connectivity index (χ0) is 27.1. The molecular weight excluding hydrogens is 492 g/mol. The SMILES string of the molecule is N#CC(C#N)=C1c2cc(-c3ccc(F)c(F)c3)c(C#N)cc2-c2cc(C#N)c(-c3ccc(F)c(F)c3)cc21. The van der Waals surface area contributed by atoms with Gasteiger partial charge in [-0.25, -0.2) is 17.6 Å². The molecule has 1 aliphatic carbocycles. The summed E-state index contributed by atoms with van der Waals surface area (Å²) in [7, 11) is 0. The number of hydrogen-bond donors (Lipinski definition) is 0. The summed E-state index contributed by atoms with van der Waals surface area (Å²) in [6.07, 6.45) is 0. The molecule has 0 saturated carbocycles. The summed E-state index contributed by atoms with van der Waals surface area (Å²) in [6, 6.07) is 20.1. The van der Waals surface area contributed by atoms with Crippen molar-refractivity contribution in [3.05, 3.63) is 112 Å². The van der Waals surface area contributed by atoms with E-state index in [4.69, 9.17) is 0 Å². The molecule has 4 aromatic carbocycles. The van der Waals surface area contributed by atoms with Gasteiger partial charge < -0.3 is 0 Å². The lowest BCUT2D eigenvalue weighted by Crippen LogP contribution is -1.93. The third kappa shape index (κ3) is 3.66. The highest BCUT2D eigenvalue weighted by atomic mass is 19.2. The maximum atomic E-state index is 14.0. The van der Waals surface area contributed by atoms with Crippen LogP contribution in [0.3, 0.4) is 0 Å². The molecule has 0 atom stereocenters. The first-order valence-electron chi connectivity index (χ1n) is 10.9. The van der Waals surface area contributed by atoms with Crippen LogP contribution in [-0.4, -0.2) is 0 Å². The van der Waals surface area contributed by atoms with E-state index in [9.17, 15) is 38.6 Å². The molecule has 1 aliphatic rings. The summed E-state index contributed by atoms with van der Waals surface area (Å²) in [5.41, 5.74) is 2.65. The minimum Gasteiger partial charge on any atom is -0.204 e. The van der Waals surface area contributed by atoms with Gasteiger partial charge in [-0.2, -0.15) is 21.0 Å². The second-order valence-corrected chi connectivity index (χ2v) is 8.34. The smallest absolute Gasteiger partial charge is 0.159 e. The Morgan fingerprint density at radius 3 is 1.24 bits per heavy atom. The predicted molar refractivity (Wildman–Crippen MR) is 129 cm³/mol. The maximum absolute atomic E-state index is 14.0. The molecule has 0 heterocycles. The Morgan fingerprint density at radius 1 is 0.474 bits per heavy atom. The van der Waals surface area contributed by atoms with Gasteiger partial charge in [-0.05, 0) is 81.9 Å². The zero-order valence-corrected chi connectivity index (χ0v) is 19.1. The van der Waals surface area contributed by atoms with Gasteiger partial charge in [0.25, 0.3) is 0 Å². The molecule has 0 saturated heterocycles. The average Bonchev–Trinajstić information content (AvgIpc) is 3.23. The Hall–Kier alpha value is -5.70. The number of nitrogens with zero attached hydrogens (tertiary/aromatic N) is 4. The van der Waals surface area contributed by atoms with Crippen LogP contribution in [0.5, 0.6) is 0 Å². The van der Waals surface area contributed by atoms with E-state index in [0.717, 1.165) is 24.3 Å². The van der Waals surface area contributed by atoms with Crippen LogP contribution in [-0.2, 0) is 0 Å².